The van der Waals surface area contributed by atoms with Crippen molar-refractivity contribution in [1.29, 1.82) is 0 Å². The predicted molar refractivity (Wildman–Crippen MR) is 157 cm³/mol. The number of benzene rings is 4. The summed E-state index contributed by atoms with van der Waals surface area (Å²) in [7, 11) is 0. The van der Waals surface area contributed by atoms with Gasteiger partial charge in [0.25, 0.3) is 0 Å². The van der Waals surface area contributed by atoms with E-state index >= 15 is 0 Å². The molecular formula is C35H30N2O2. The first-order chi connectivity index (χ1) is 19.0. The zero-order chi connectivity index (χ0) is 27.0. The molecule has 2 heterocycles. The van der Waals surface area contributed by atoms with Gasteiger partial charge in [-0.05, 0) is 59.7 Å². The molecular weight excluding hydrogens is 480 g/mol. The molecule has 39 heavy (non-hydrogen) atoms. The molecule has 0 amide bonds. The van der Waals surface area contributed by atoms with Crippen LogP contribution in [0.25, 0.3) is 0 Å². The summed E-state index contributed by atoms with van der Waals surface area (Å²) in [5.74, 6) is 7.44. The molecule has 0 atom stereocenters. The van der Waals surface area contributed by atoms with Crippen LogP contribution in [0.15, 0.2) is 84.9 Å². The molecule has 0 spiro atoms. The Kier molecular flexibility index (Phi) is 6.18. The predicted octanol–water partition coefficient (Wildman–Crippen LogP) is 6.69. The summed E-state index contributed by atoms with van der Waals surface area (Å²) in [6, 6.07) is 29.1. The van der Waals surface area contributed by atoms with Crippen LogP contribution in [0.4, 0.5) is 11.4 Å². The zero-order valence-corrected chi connectivity index (χ0v) is 22.3. The van der Waals surface area contributed by atoms with Gasteiger partial charge in [-0.1, -0.05) is 62.1 Å². The number of hydrogen-bond acceptors (Lipinski definition) is 4. The van der Waals surface area contributed by atoms with Crippen LogP contribution in [0, 0.1) is 24.7 Å². The second-order valence-electron chi connectivity index (χ2n) is 10.5. The molecule has 2 aliphatic rings. The number of fused-ring (bicyclic) bond motifs is 2. The van der Waals surface area contributed by atoms with Crippen LogP contribution in [0.2, 0.25) is 0 Å². The van der Waals surface area contributed by atoms with Gasteiger partial charge >= 0.3 is 0 Å². The Bertz CT molecular complexity index is 1520. The number of para-hydroxylation sites is 2. The van der Waals surface area contributed by atoms with Crippen LogP contribution >= 0.6 is 0 Å². The fraction of sp³-hybridized carbons (Fsp3) is 0.200. The van der Waals surface area contributed by atoms with E-state index in [-0.39, 0.29) is 5.41 Å². The van der Waals surface area contributed by atoms with Crippen molar-refractivity contribution in [3.8, 4) is 36.2 Å². The van der Waals surface area contributed by atoms with E-state index in [1.807, 2.05) is 36.4 Å². The van der Waals surface area contributed by atoms with E-state index in [2.05, 4.69) is 84.0 Å². The fourth-order valence-electron chi connectivity index (χ4n) is 5.48. The van der Waals surface area contributed by atoms with E-state index in [1.54, 1.807) is 0 Å². The van der Waals surface area contributed by atoms with Gasteiger partial charge in [-0.25, -0.2) is 0 Å². The highest BCUT2D eigenvalue weighted by molar-refractivity contribution is 5.63. The second kappa shape index (κ2) is 9.82. The van der Waals surface area contributed by atoms with Crippen molar-refractivity contribution in [2.24, 2.45) is 0 Å². The smallest absolute Gasteiger partial charge is 0.161 e. The third kappa shape index (κ3) is 4.45. The van der Waals surface area contributed by atoms with Crippen LogP contribution < -0.4 is 19.3 Å². The van der Waals surface area contributed by atoms with Gasteiger partial charge in [-0.3, -0.25) is 0 Å². The van der Waals surface area contributed by atoms with E-state index in [9.17, 15) is 0 Å². The monoisotopic (exact) mass is 510 g/mol. The van der Waals surface area contributed by atoms with E-state index < -0.39 is 0 Å². The van der Waals surface area contributed by atoms with Crippen molar-refractivity contribution >= 4 is 11.4 Å². The van der Waals surface area contributed by atoms with Crippen LogP contribution in [-0.2, 0) is 18.5 Å². The molecule has 0 aliphatic carbocycles. The van der Waals surface area contributed by atoms with Crippen molar-refractivity contribution in [3.63, 3.8) is 0 Å². The highest BCUT2D eigenvalue weighted by atomic mass is 16.5. The van der Waals surface area contributed by atoms with Gasteiger partial charge in [-0.15, -0.1) is 12.8 Å². The molecule has 0 fully saturated rings. The maximum atomic E-state index is 6.13. The Morgan fingerprint density at radius 2 is 1.08 bits per heavy atom. The number of terminal acetylenes is 2. The Hall–Kier alpha value is -4.80. The van der Waals surface area contributed by atoms with Crippen LogP contribution in [0.3, 0.4) is 0 Å². The lowest BCUT2D eigenvalue weighted by Gasteiger charge is -2.35. The Balaban J connectivity index is 1.29. The molecule has 0 aromatic heterocycles. The largest absolute Gasteiger partial charge is 0.473 e. The highest BCUT2D eigenvalue weighted by Crippen LogP contribution is 2.39. The normalized spacial score (nSPS) is 14.3. The quantitative estimate of drug-likeness (QED) is 0.286. The summed E-state index contributed by atoms with van der Waals surface area (Å²) in [5.41, 5.74) is 8.29. The van der Waals surface area contributed by atoms with Crippen molar-refractivity contribution in [2.45, 2.75) is 32.4 Å². The average Bonchev–Trinajstić information content (AvgIpc) is 2.99. The lowest BCUT2D eigenvalue weighted by Crippen LogP contribution is -2.33. The molecule has 4 nitrogen and oxygen atoms in total. The Morgan fingerprint density at radius 1 is 0.641 bits per heavy atom. The average molecular weight is 511 g/mol. The number of hydrogen-bond donors (Lipinski definition) is 0. The van der Waals surface area contributed by atoms with Gasteiger partial charge < -0.3 is 19.3 Å². The van der Waals surface area contributed by atoms with Gasteiger partial charge in [0.2, 0.25) is 0 Å². The third-order valence-electron chi connectivity index (χ3n) is 7.84. The number of rotatable bonds is 4. The van der Waals surface area contributed by atoms with Crippen LogP contribution in [-0.4, -0.2) is 13.5 Å². The van der Waals surface area contributed by atoms with Crippen LogP contribution in [0.5, 0.6) is 11.5 Å². The lowest BCUT2D eigenvalue weighted by atomic mass is 9.77. The topological polar surface area (TPSA) is 24.9 Å². The van der Waals surface area contributed by atoms with E-state index in [1.165, 1.54) is 11.1 Å². The van der Waals surface area contributed by atoms with E-state index in [4.69, 9.17) is 22.3 Å². The lowest BCUT2D eigenvalue weighted by molar-refractivity contribution is 0.288. The molecule has 192 valence electrons. The first-order valence-electron chi connectivity index (χ1n) is 13.1. The number of nitrogens with zero attached hydrogens (tertiary/aromatic N) is 2. The standard InChI is InChI=1S/C35H30N2O2/c1-5-25-11-7-9-13-31(25)36-21-27-19-29(15-17-33(27)38-23-36)35(3,4)30-16-18-34-28(20-30)22-37(24-39-34)32-14-10-8-12-26(32)6-2/h1-2,7-20H,21-24H2,3-4H3. The first kappa shape index (κ1) is 24.5. The van der Waals surface area contributed by atoms with E-state index in [0.29, 0.717) is 13.5 Å². The SMILES string of the molecule is C#Cc1ccccc1N1COc2ccc(C(C)(C)c3ccc4c(c3)CN(c3ccccc3C#C)CO4)cc2C1. The van der Waals surface area contributed by atoms with E-state index in [0.717, 1.165) is 58.2 Å². The molecule has 2 aliphatic heterocycles. The van der Waals surface area contributed by atoms with Crippen molar-refractivity contribution in [2.75, 3.05) is 23.3 Å². The highest BCUT2D eigenvalue weighted by Gasteiger charge is 2.29. The van der Waals surface area contributed by atoms with Crippen LogP contribution in [0.1, 0.15) is 47.2 Å². The molecule has 4 aromatic carbocycles. The van der Waals surface area contributed by atoms with Gasteiger partial charge in [-0.2, -0.15) is 0 Å². The minimum Gasteiger partial charge on any atom is -0.473 e. The molecule has 4 heteroatoms. The minimum absolute atomic E-state index is 0.234. The van der Waals surface area contributed by atoms with Crippen molar-refractivity contribution in [3.05, 3.63) is 118 Å². The summed E-state index contributed by atoms with van der Waals surface area (Å²) < 4.78 is 12.3. The Labute approximate surface area is 230 Å². The minimum atomic E-state index is -0.234. The molecule has 0 saturated carbocycles. The third-order valence-corrected chi connectivity index (χ3v) is 7.84. The molecule has 6 rings (SSSR count). The fourth-order valence-corrected chi connectivity index (χ4v) is 5.48. The van der Waals surface area contributed by atoms with Gasteiger partial charge in [0, 0.05) is 40.8 Å². The number of ether oxygens (including phenoxy) is 2. The maximum absolute atomic E-state index is 6.13. The molecule has 4 aromatic rings. The van der Waals surface area contributed by atoms with Gasteiger partial charge in [0.05, 0.1) is 11.4 Å². The summed E-state index contributed by atoms with van der Waals surface area (Å²) in [6.07, 6.45) is 11.5. The van der Waals surface area contributed by atoms with Crippen molar-refractivity contribution < 1.29 is 9.47 Å². The molecule has 0 bridgehead atoms. The summed E-state index contributed by atoms with van der Waals surface area (Å²) in [5, 5.41) is 0. The summed E-state index contributed by atoms with van der Waals surface area (Å²) in [4.78, 5) is 4.38. The molecule has 0 saturated heterocycles. The van der Waals surface area contributed by atoms with Gasteiger partial charge in [0.15, 0.2) is 13.5 Å². The number of anilines is 2. The van der Waals surface area contributed by atoms with Crippen molar-refractivity contribution in [1.82, 2.24) is 0 Å². The summed E-state index contributed by atoms with van der Waals surface area (Å²) >= 11 is 0. The summed E-state index contributed by atoms with van der Waals surface area (Å²) in [6.45, 7) is 6.94. The second-order valence-corrected chi connectivity index (χ2v) is 10.5. The molecule has 0 N–H and O–H groups in total. The van der Waals surface area contributed by atoms with Gasteiger partial charge in [0.1, 0.15) is 11.5 Å². The maximum Gasteiger partial charge on any atom is 0.161 e. The first-order valence-corrected chi connectivity index (χ1v) is 13.1. The Morgan fingerprint density at radius 3 is 1.51 bits per heavy atom. The zero-order valence-electron chi connectivity index (χ0n) is 22.3. The molecule has 0 radical (unpaired) electrons. The molecule has 0 unspecified atom stereocenters.